The van der Waals surface area contributed by atoms with Crippen molar-refractivity contribution in [3.05, 3.63) is 71.1 Å². The summed E-state index contributed by atoms with van der Waals surface area (Å²) in [6.07, 6.45) is 8.21. The fourth-order valence-electron chi connectivity index (χ4n) is 6.25. The summed E-state index contributed by atoms with van der Waals surface area (Å²) in [6, 6.07) is 14.7. The van der Waals surface area contributed by atoms with Crippen LogP contribution in [0.5, 0.6) is 0 Å². The van der Waals surface area contributed by atoms with E-state index in [1.165, 1.54) is 5.56 Å². The van der Waals surface area contributed by atoms with Crippen LogP contribution < -0.4 is 4.90 Å². The van der Waals surface area contributed by atoms with Gasteiger partial charge in [0.1, 0.15) is 17.3 Å². The lowest BCUT2D eigenvalue weighted by Gasteiger charge is -2.39. The minimum atomic E-state index is -0.937. The Kier molecular flexibility index (Phi) is 5.32. The zero-order valence-corrected chi connectivity index (χ0v) is 20.8. The second-order valence-corrected chi connectivity index (χ2v) is 10.8. The van der Waals surface area contributed by atoms with Crippen molar-refractivity contribution in [1.29, 1.82) is 0 Å². The van der Waals surface area contributed by atoms with Crippen molar-refractivity contribution in [2.45, 2.75) is 76.2 Å². The van der Waals surface area contributed by atoms with Crippen molar-refractivity contribution in [2.24, 2.45) is 0 Å². The molecule has 3 fully saturated rings. The van der Waals surface area contributed by atoms with Gasteiger partial charge in [-0.1, -0.05) is 29.4 Å². The lowest BCUT2D eigenvalue weighted by molar-refractivity contribution is 0.0145. The van der Waals surface area contributed by atoms with E-state index in [-0.39, 0.29) is 11.7 Å². The van der Waals surface area contributed by atoms with Crippen molar-refractivity contribution in [3.63, 3.8) is 0 Å². The number of aromatic carboxylic acids is 1. The summed E-state index contributed by atoms with van der Waals surface area (Å²) in [4.78, 5) is 13.8. The molecule has 2 bridgehead atoms. The fourth-order valence-corrected chi connectivity index (χ4v) is 6.25. The molecule has 1 aliphatic carbocycles. The molecule has 2 unspecified atom stereocenters. The molecule has 0 amide bonds. The topological polar surface area (TPSA) is 93.1 Å². The number of piperidine rings is 1. The molecule has 8 nitrogen and oxygen atoms in total. The number of carboxylic acid groups (broad SMARTS) is 1. The second kappa shape index (κ2) is 8.73. The number of fused-ring (bicyclic) bond motifs is 3. The van der Waals surface area contributed by atoms with Gasteiger partial charge in [-0.2, -0.15) is 5.10 Å². The van der Waals surface area contributed by atoms with Gasteiger partial charge < -0.3 is 19.3 Å². The fraction of sp³-hybridized carbons (Fsp3) is 0.414. The van der Waals surface area contributed by atoms with Crippen molar-refractivity contribution < 1.29 is 19.2 Å². The molecule has 1 aromatic carbocycles. The molecule has 0 spiro atoms. The van der Waals surface area contributed by atoms with Crippen LogP contribution in [0.2, 0.25) is 0 Å². The van der Waals surface area contributed by atoms with Gasteiger partial charge in [0, 0.05) is 35.3 Å². The first-order chi connectivity index (χ1) is 18.0. The van der Waals surface area contributed by atoms with Crippen molar-refractivity contribution in [2.75, 3.05) is 4.90 Å². The second-order valence-electron chi connectivity index (χ2n) is 10.8. The molecule has 2 aliphatic heterocycles. The average Bonchev–Trinajstić information content (AvgIpc) is 3.40. The van der Waals surface area contributed by atoms with Crippen LogP contribution in [0, 0.1) is 6.92 Å². The highest BCUT2D eigenvalue weighted by molar-refractivity contribution is 5.89. The Morgan fingerprint density at radius 2 is 1.89 bits per heavy atom. The Morgan fingerprint density at radius 3 is 2.62 bits per heavy atom. The third kappa shape index (κ3) is 4.00. The van der Waals surface area contributed by atoms with Crippen molar-refractivity contribution in [1.82, 2.24) is 14.8 Å². The highest BCUT2D eigenvalue weighted by atomic mass is 16.5. The number of hydrogen-bond acceptors (Lipinski definition) is 6. The number of rotatable bonds is 7. The maximum atomic E-state index is 11.4. The van der Waals surface area contributed by atoms with Gasteiger partial charge in [0.15, 0.2) is 0 Å². The highest BCUT2D eigenvalue weighted by Crippen LogP contribution is 2.45. The molecule has 3 atom stereocenters. The Bertz CT molecular complexity index is 1470. The third-order valence-corrected chi connectivity index (χ3v) is 8.27. The van der Waals surface area contributed by atoms with Gasteiger partial charge in [0.2, 0.25) is 0 Å². The van der Waals surface area contributed by atoms with Crippen LogP contribution in [0.15, 0.2) is 53.2 Å². The van der Waals surface area contributed by atoms with Crippen molar-refractivity contribution in [3.8, 4) is 11.3 Å². The Hall–Kier alpha value is -3.65. The lowest BCUT2D eigenvalue weighted by atomic mass is 9.98. The highest BCUT2D eigenvalue weighted by Gasteiger charge is 2.42. The Morgan fingerprint density at radius 1 is 1.11 bits per heavy atom. The molecule has 0 radical (unpaired) electrons. The van der Waals surface area contributed by atoms with Gasteiger partial charge in [0.05, 0.1) is 23.8 Å². The molecular weight excluding hydrogens is 468 g/mol. The third-order valence-electron chi connectivity index (χ3n) is 8.27. The minimum absolute atomic E-state index is 0.175. The van der Waals surface area contributed by atoms with Crippen molar-refractivity contribution >= 4 is 17.3 Å². The van der Waals surface area contributed by atoms with E-state index in [0.29, 0.717) is 24.6 Å². The lowest BCUT2D eigenvalue weighted by Crippen LogP contribution is -2.46. The molecule has 5 heterocycles. The molecule has 3 aromatic heterocycles. The molecule has 3 aliphatic rings. The number of hydrogen-bond donors (Lipinski definition) is 1. The molecule has 190 valence electrons. The SMILES string of the molecule is Cc1ccccc1-c1noc(C2CC2)c1COC1CC2CC[C@@H](C1)N2c1ccc2cc(C(=O)O)cn2n1. The molecule has 1 saturated carbocycles. The molecular formula is C29H30N4O4. The predicted molar refractivity (Wildman–Crippen MR) is 138 cm³/mol. The van der Waals surface area contributed by atoms with Crippen LogP contribution >= 0.6 is 0 Å². The number of ether oxygens (including phenoxy) is 1. The number of benzene rings is 1. The molecule has 8 heteroatoms. The smallest absolute Gasteiger partial charge is 0.337 e. The largest absolute Gasteiger partial charge is 0.478 e. The van der Waals surface area contributed by atoms with E-state index >= 15 is 0 Å². The monoisotopic (exact) mass is 498 g/mol. The normalized spacial score (nSPS) is 23.2. The maximum absolute atomic E-state index is 11.4. The van der Waals surface area contributed by atoms with Crippen LogP contribution in [0.1, 0.15) is 71.7 Å². The van der Waals surface area contributed by atoms with E-state index < -0.39 is 5.97 Å². The average molecular weight is 499 g/mol. The molecule has 4 aromatic rings. The summed E-state index contributed by atoms with van der Waals surface area (Å²) in [5, 5.41) is 18.6. The first-order valence-electron chi connectivity index (χ1n) is 13.2. The van der Waals surface area contributed by atoms with Crippen LogP contribution in [0.4, 0.5) is 5.82 Å². The van der Waals surface area contributed by atoms with Gasteiger partial charge in [-0.25, -0.2) is 9.31 Å². The zero-order valence-electron chi connectivity index (χ0n) is 20.8. The van der Waals surface area contributed by atoms with Gasteiger partial charge in [-0.15, -0.1) is 0 Å². The first-order valence-corrected chi connectivity index (χ1v) is 13.2. The Labute approximate surface area is 214 Å². The van der Waals surface area contributed by atoms with E-state index in [1.807, 2.05) is 18.2 Å². The molecule has 7 rings (SSSR count). The standard InChI is InChI=1S/C29H30N4O4/c1-17-4-2-3-5-24(17)27-25(28(37-31-27)18-6-7-18)16-36-23-13-21-8-9-22(14-23)33(21)26-11-10-20-12-19(29(34)35)15-32(20)30-26/h2-5,10-12,15,18,21-23H,6-9,13-14,16H2,1H3,(H,34,35)/t21-,22?,23?/m0/s1. The summed E-state index contributed by atoms with van der Waals surface area (Å²) in [5.41, 5.74) is 5.38. The number of nitrogens with zero attached hydrogens (tertiary/aromatic N) is 4. The summed E-state index contributed by atoms with van der Waals surface area (Å²) in [5.74, 6) is 1.44. The molecule has 37 heavy (non-hydrogen) atoms. The molecule has 1 N–H and O–H groups in total. The van der Waals surface area contributed by atoms with Crippen LogP contribution in [0.25, 0.3) is 16.8 Å². The number of anilines is 1. The van der Waals surface area contributed by atoms with E-state index in [1.54, 1.807) is 16.8 Å². The summed E-state index contributed by atoms with van der Waals surface area (Å²) in [6.45, 7) is 2.63. The minimum Gasteiger partial charge on any atom is -0.478 e. The number of carbonyl (C=O) groups is 1. The van der Waals surface area contributed by atoms with E-state index in [9.17, 15) is 9.90 Å². The van der Waals surface area contributed by atoms with Gasteiger partial charge in [0.25, 0.3) is 0 Å². The van der Waals surface area contributed by atoms with Gasteiger partial charge >= 0.3 is 5.97 Å². The first kappa shape index (κ1) is 22.5. The maximum Gasteiger partial charge on any atom is 0.337 e. The van der Waals surface area contributed by atoms with E-state index in [0.717, 1.165) is 72.4 Å². The van der Waals surface area contributed by atoms with E-state index in [4.69, 9.17) is 14.4 Å². The number of aromatic nitrogens is 3. The quantitative estimate of drug-likeness (QED) is 0.355. The van der Waals surface area contributed by atoms with Gasteiger partial charge in [-0.05, 0) is 69.2 Å². The van der Waals surface area contributed by atoms with E-state index in [2.05, 4.69) is 35.2 Å². The van der Waals surface area contributed by atoms with Crippen LogP contribution in [-0.4, -0.2) is 44.0 Å². The molecule has 2 saturated heterocycles. The zero-order chi connectivity index (χ0) is 25.1. The van der Waals surface area contributed by atoms with Crippen LogP contribution in [0.3, 0.4) is 0 Å². The summed E-state index contributed by atoms with van der Waals surface area (Å²) in [7, 11) is 0. The summed E-state index contributed by atoms with van der Waals surface area (Å²) >= 11 is 0. The number of aryl methyl sites for hydroxylation is 1. The number of carboxylic acids is 1. The predicted octanol–water partition coefficient (Wildman–Crippen LogP) is 5.59. The van der Waals surface area contributed by atoms with Crippen LogP contribution in [-0.2, 0) is 11.3 Å². The summed E-state index contributed by atoms with van der Waals surface area (Å²) < 4.78 is 14.1. The Balaban J connectivity index is 1.09. The van der Waals surface area contributed by atoms with Gasteiger partial charge in [-0.3, -0.25) is 0 Å².